The number of Topliss-reactive ketones (excluding diaryl/α,β-unsaturated/α-hetero) is 1. The molecule has 17 heteroatoms. The lowest BCUT2D eigenvalue weighted by atomic mass is 9.97. The molecule has 2 fully saturated rings. The van der Waals surface area contributed by atoms with Crippen LogP contribution in [0.5, 0.6) is 23.0 Å². The minimum absolute atomic E-state index is 0.0334. The van der Waals surface area contributed by atoms with Crippen molar-refractivity contribution in [3.05, 3.63) is 47.5 Å². The van der Waals surface area contributed by atoms with Gasteiger partial charge < -0.3 is 69.3 Å². The van der Waals surface area contributed by atoms with Crippen LogP contribution in [0.15, 0.2) is 36.4 Å². The molecule has 0 radical (unpaired) electrons. The number of carbonyl (C=O) groups excluding carboxylic acids is 3. The lowest BCUT2D eigenvalue weighted by Crippen LogP contribution is -2.64. The smallest absolute Gasteiger partial charge is 0.315 e. The zero-order chi connectivity index (χ0) is 36.9. The molecular formula is C33H42O17. The Labute approximate surface area is 286 Å². The van der Waals surface area contributed by atoms with Crippen molar-refractivity contribution in [2.75, 3.05) is 13.2 Å². The minimum Gasteiger partial charge on any atom is -0.508 e. The van der Waals surface area contributed by atoms with Gasteiger partial charge in [0, 0.05) is 18.7 Å². The summed E-state index contributed by atoms with van der Waals surface area (Å²) in [5.41, 5.74) is 0.120. The number of hydrogen-bond acceptors (Lipinski definition) is 17. The SMILES string of the molecule is CC(=O)c1c(OC(=O)Cc2ccc(O)cc2)cc(O[C@@H]2O[C@H](CO)[C@@H](O)[C@H](O)[C@H]2O[C@H]2O[C@H](C)[C@@H](O)[C@@H](O)[C@H]2O)cc1OC(=O)C[C@H](C)CO. The highest BCUT2D eigenvalue weighted by molar-refractivity contribution is 6.01. The Morgan fingerprint density at radius 2 is 1.44 bits per heavy atom. The summed E-state index contributed by atoms with van der Waals surface area (Å²) >= 11 is 0. The highest BCUT2D eigenvalue weighted by Gasteiger charge is 2.51. The van der Waals surface area contributed by atoms with E-state index in [-0.39, 0.29) is 36.5 Å². The minimum atomic E-state index is -1.86. The molecule has 11 atom stereocenters. The first-order chi connectivity index (χ1) is 23.6. The maximum Gasteiger partial charge on any atom is 0.315 e. The quantitative estimate of drug-likeness (QED) is 0.0682. The molecule has 0 spiro atoms. The molecule has 50 heavy (non-hydrogen) atoms. The van der Waals surface area contributed by atoms with Gasteiger partial charge in [-0.1, -0.05) is 19.1 Å². The van der Waals surface area contributed by atoms with Crippen molar-refractivity contribution in [3.63, 3.8) is 0 Å². The number of aliphatic hydroxyl groups excluding tert-OH is 7. The van der Waals surface area contributed by atoms with Gasteiger partial charge in [-0.05, 0) is 37.5 Å². The van der Waals surface area contributed by atoms with Crippen molar-refractivity contribution in [1.29, 1.82) is 0 Å². The second kappa shape index (κ2) is 17.0. The summed E-state index contributed by atoms with van der Waals surface area (Å²) in [6.07, 6.45) is -16.8. The van der Waals surface area contributed by atoms with Gasteiger partial charge in [-0.25, -0.2) is 0 Å². The van der Waals surface area contributed by atoms with E-state index in [9.17, 15) is 55.2 Å². The zero-order valence-corrected chi connectivity index (χ0v) is 27.4. The predicted octanol–water partition coefficient (Wildman–Crippen LogP) is -1.30. The molecule has 2 saturated heterocycles. The average Bonchev–Trinajstić information content (AvgIpc) is 3.06. The number of carbonyl (C=O) groups is 3. The molecule has 2 aliphatic rings. The largest absolute Gasteiger partial charge is 0.508 e. The summed E-state index contributed by atoms with van der Waals surface area (Å²) in [5.74, 6) is -4.09. The van der Waals surface area contributed by atoms with Gasteiger partial charge in [0.15, 0.2) is 18.2 Å². The first-order valence-electron chi connectivity index (χ1n) is 15.8. The molecule has 17 nitrogen and oxygen atoms in total. The van der Waals surface area contributed by atoms with E-state index in [1.54, 1.807) is 6.92 Å². The van der Waals surface area contributed by atoms with E-state index in [1.165, 1.54) is 31.2 Å². The lowest BCUT2D eigenvalue weighted by molar-refractivity contribution is -0.354. The summed E-state index contributed by atoms with van der Waals surface area (Å²) in [7, 11) is 0. The molecule has 0 saturated carbocycles. The lowest BCUT2D eigenvalue weighted by Gasteiger charge is -2.45. The van der Waals surface area contributed by atoms with E-state index in [1.807, 2.05) is 0 Å². The van der Waals surface area contributed by atoms with Crippen molar-refractivity contribution in [2.45, 2.75) is 95.0 Å². The van der Waals surface area contributed by atoms with E-state index in [0.717, 1.165) is 19.1 Å². The number of phenolic OH excluding ortho intramolecular Hbond substituents is 1. The third kappa shape index (κ3) is 9.32. The van der Waals surface area contributed by atoms with Crippen LogP contribution in [0.3, 0.4) is 0 Å². The third-order valence-electron chi connectivity index (χ3n) is 8.13. The molecule has 8 N–H and O–H groups in total. The molecule has 4 rings (SSSR count). The van der Waals surface area contributed by atoms with Crippen LogP contribution < -0.4 is 14.2 Å². The average molecular weight is 711 g/mol. The molecule has 276 valence electrons. The second-order valence-corrected chi connectivity index (χ2v) is 12.2. The fourth-order valence-corrected chi connectivity index (χ4v) is 5.31. The molecule has 0 aromatic heterocycles. The number of phenols is 1. The number of ketones is 1. The number of hydrogen-bond donors (Lipinski definition) is 8. The Bertz CT molecular complexity index is 1480. The highest BCUT2D eigenvalue weighted by atomic mass is 16.8. The first kappa shape index (κ1) is 39.0. The number of benzene rings is 2. The number of esters is 2. The fourth-order valence-electron chi connectivity index (χ4n) is 5.31. The van der Waals surface area contributed by atoms with Crippen LogP contribution >= 0.6 is 0 Å². The maximum absolute atomic E-state index is 13.0. The standard InChI is InChI=1S/C33H42O17/c1-14(12-34)8-23(38)47-20-10-19(11-21(25(20)15(2)36)48-24(39)9-17-4-6-18(37)7-5-17)46-33-31(29(43)27(41)22(13-35)49-33)50-32-30(44)28(42)26(40)16(3)45-32/h4-7,10-11,14,16,22,26-35,37,40-44H,8-9,12-13H2,1-3H3/t14-,16+,22+,26+,27+,28+,29-,30+,31+,32+,33+/m0/s1. The van der Waals surface area contributed by atoms with Crippen LogP contribution in [0.25, 0.3) is 0 Å². The Kier molecular flexibility index (Phi) is 13.3. The molecule has 2 heterocycles. The number of ether oxygens (including phenoxy) is 6. The van der Waals surface area contributed by atoms with Crippen molar-refractivity contribution in [1.82, 2.24) is 0 Å². The van der Waals surface area contributed by atoms with Gasteiger partial charge in [-0.15, -0.1) is 0 Å². The van der Waals surface area contributed by atoms with Gasteiger partial charge in [0.2, 0.25) is 6.29 Å². The van der Waals surface area contributed by atoms with E-state index in [2.05, 4.69) is 0 Å². The summed E-state index contributed by atoms with van der Waals surface area (Å²) in [5, 5.41) is 81.2. The number of aromatic hydroxyl groups is 1. The van der Waals surface area contributed by atoms with Gasteiger partial charge in [-0.3, -0.25) is 14.4 Å². The molecule has 2 aromatic rings. The first-order valence-corrected chi connectivity index (χ1v) is 15.8. The maximum atomic E-state index is 13.0. The van der Waals surface area contributed by atoms with Crippen molar-refractivity contribution in [2.24, 2.45) is 5.92 Å². The monoisotopic (exact) mass is 710 g/mol. The van der Waals surface area contributed by atoms with Crippen LogP contribution in [-0.2, 0) is 30.2 Å². The van der Waals surface area contributed by atoms with E-state index >= 15 is 0 Å². The van der Waals surface area contributed by atoms with E-state index in [0.29, 0.717) is 5.56 Å². The zero-order valence-electron chi connectivity index (χ0n) is 27.4. The second-order valence-electron chi connectivity index (χ2n) is 12.2. The number of rotatable bonds is 13. The predicted molar refractivity (Wildman–Crippen MR) is 166 cm³/mol. The normalized spacial score (nSPS) is 30.3. The summed E-state index contributed by atoms with van der Waals surface area (Å²) in [4.78, 5) is 38.7. The van der Waals surface area contributed by atoms with Gasteiger partial charge in [0.25, 0.3) is 0 Å². The number of aliphatic hydroxyl groups is 7. The van der Waals surface area contributed by atoms with Gasteiger partial charge in [0.05, 0.1) is 25.6 Å². The Balaban J connectivity index is 1.71. The molecule has 0 amide bonds. The fraction of sp³-hybridized carbons (Fsp3) is 0.545. The van der Waals surface area contributed by atoms with Crippen LogP contribution in [0.2, 0.25) is 0 Å². The van der Waals surface area contributed by atoms with Gasteiger partial charge in [-0.2, -0.15) is 0 Å². The highest BCUT2D eigenvalue weighted by Crippen LogP contribution is 2.38. The molecular weight excluding hydrogens is 668 g/mol. The Hall–Kier alpha value is -3.75. The topological polar surface area (TPSA) is 268 Å². The van der Waals surface area contributed by atoms with Crippen molar-refractivity contribution < 1.29 is 83.7 Å². The summed E-state index contributed by atoms with van der Waals surface area (Å²) in [6.45, 7) is 2.95. The summed E-state index contributed by atoms with van der Waals surface area (Å²) in [6, 6.07) is 7.83. The van der Waals surface area contributed by atoms with Gasteiger partial charge in [0.1, 0.15) is 65.2 Å². The van der Waals surface area contributed by atoms with Crippen LogP contribution in [-0.4, -0.2) is 133 Å². The van der Waals surface area contributed by atoms with E-state index in [4.69, 9.17) is 28.4 Å². The molecule has 2 aromatic carbocycles. The molecule has 2 aliphatic heterocycles. The van der Waals surface area contributed by atoms with Crippen molar-refractivity contribution in [3.8, 4) is 23.0 Å². The van der Waals surface area contributed by atoms with Crippen LogP contribution in [0.4, 0.5) is 0 Å². The van der Waals surface area contributed by atoms with Crippen LogP contribution in [0, 0.1) is 5.92 Å². The van der Waals surface area contributed by atoms with Crippen LogP contribution in [0.1, 0.15) is 43.1 Å². The van der Waals surface area contributed by atoms with E-state index < -0.39 is 103 Å². The molecule has 0 unspecified atom stereocenters. The van der Waals surface area contributed by atoms with Gasteiger partial charge >= 0.3 is 11.9 Å². The molecule has 0 bridgehead atoms. The third-order valence-corrected chi connectivity index (χ3v) is 8.13. The Morgan fingerprint density at radius 3 is 2.02 bits per heavy atom. The van der Waals surface area contributed by atoms with Crippen molar-refractivity contribution >= 4 is 17.7 Å². The molecule has 0 aliphatic carbocycles. The Morgan fingerprint density at radius 1 is 0.820 bits per heavy atom. The summed E-state index contributed by atoms with van der Waals surface area (Å²) < 4.78 is 33.8.